The molecule has 0 radical (unpaired) electrons. The standard InChI is InChI=1S/C52H36N2O/c1-4-15-43(16-5-1)53(44-17-6-2-7-18-44)46-31-27-39(28-32-46)37-23-25-38(26-24-37)40-29-33-47(34-30-40)54(45-19-8-3-9-20-45)50-22-12-21-48-49-35-41-13-10-11-14-42(41)36-51(49)55-52(48)50/h1-36H/i27D,28D,31D,32D. The minimum absolute atomic E-state index is 0.0938. The number of nitrogens with zero attached hydrogens (tertiary/aromatic N) is 2. The zero-order valence-electron chi connectivity index (χ0n) is 33.8. The van der Waals surface area contributed by atoms with Crippen LogP contribution in [-0.2, 0) is 0 Å². The second-order valence-corrected chi connectivity index (χ2v) is 13.5. The van der Waals surface area contributed by atoms with Crippen LogP contribution >= 0.6 is 0 Å². The first-order valence-electron chi connectivity index (χ1n) is 20.4. The van der Waals surface area contributed by atoms with Crippen LogP contribution in [0.25, 0.3) is 55.0 Å². The fraction of sp³-hybridized carbons (Fsp3) is 0. The molecule has 0 N–H and O–H groups in total. The Bertz CT molecular complexity index is 3070. The smallest absolute Gasteiger partial charge is 0.159 e. The van der Waals surface area contributed by atoms with Crippen molar-refractivity contribution in [3.63, 3.8) is 0 Å². The Labute approximate surface area is 326 Å². The fourth-order valence-electron chi connectivity index (χ4n) is 7.40. The van der Waals surface area contributed by atoms with Crippen LogP contribution in [0.5, 0.6) is 0 Å². The monoisotopic (exact) mass is 708 g/mol. The maximum absolute atomic E-state index is 9.17. The van der Waals surface area contributed by atoms with Gasteiger partial charge in [-0.1, -0.05) is 139 Å². The normalized spacial score (nSPS) is 12.3. The summed E-state index contributed by atoms with van der Waals surface area (Å²) in [6, 6.07) is 64.0. The number of hydrogen-bond donors (Lipinski definition) is 0. The second kappa shape index (κ2) is 13.9. The van der Waals surface area contributed by atoms with Gasteiger partial charge in [0.2, 0.25) is 0 Å². The SMILES string of the molecule is [2H]c1c([2H])c(N(c2ccccc2)c2ccccc2)c([2H])c([2H])c1-c1ccc(-c2ccc(N(c3ccccc3)c3cccc4c3oc3cc5ccccc5cc34)cc2)cc1. The third-order valence-corrected chi connectivity index (χ3v) is 10.1. The highest BCUT2D eigenvalue weighted by molar-refractivity contribution is 6.13. The van der Waals surface area contributed by atoms with Gasteiger partial charge in [-0.2, -0.15) is 0 Å². The maximum Gasteiger partial charge on any atom is 0.159 e. The summed E-state index contributed by atoms with van der Waals surface area (Å²) >= 11 is 0. The average molecular weight is 709 g/mol. The molecule has 0 fully saturated rings. The van der Waals surface area contributed by atoms with Gasteiger partial charge in [0.1, 0.15) is 5.58 Å². The molecule has 0 aliphatic rings. The van der Waals surface area contributed by atoms with E-state index >= 15 is 0 Å². The van der Waals surface area contributed by atoms with Gasteiger partial charge in [0.15, 0.2) is 5.58 Å². The topological polar surface area (TPSA) is 19.6 Å². The molecular formula is C52H36N2O. The largest absolute Gasteiger partial charge is 0.454 e. The fourth-order valence-corrected chi connectivity index (χ4v) is 7.40. The lowest BCUT2D eigenvalue weighted by Crippen LogP contribution is -2.10. The van der Waals surface area contributed by atoms with Crippen LogP contribution in [0.4, 0.5) is 34.1 Å². The second-order valence-electron chi connectivity index (χ2n) is 13.5. The van der Waals surface area contributed by atoms with Crippen molar-refractivity contribution in [3.05, 3.63) is 218 Å². The van der Waals surface area contributed by atoms with E-state index in [1.165, 1.54) is 5.39 Å². The number of para-hydroxylation sites is 4. The van der Waals surface area contributed by atoms with Gasteiger partial charge in [0.05, 0.1) is 11.2 Å². The predicted molar refractivity (Wildman–Crippen MR) is 231 cm³/mol. The molecule has 0 bridgehead atoms. The molecule has 3 nitrogen and oxygen atoms in total. The van der Waals surface area contributed by atoms with Crippen LogP contribution in [-0.4, -0.2) is 0 Å². The molecule has 0 saturated heterocycles. The van der Waals surface area contributed by atoms with Gasteiger partial charge in [-0.15, -0.1) is 0 Å². The van der Waals surface area contributed by atoms with Crippen molar-refractivity contribution in [2.45, 2.75) is 0 Å². The van der Waals surface area contributed by atoms with Crippen LogP contribution in [0.1, 0.15) is 5.48 Å². The summed E-state index contributed by atoms with van der Waals surface area (Å²) in [6.07, 6.45) is 0. The van der Waals surface area contributed by atoms with Crippen LogP contribution < -0.4 is 9.80 Å². The Kier molecular flexibility index (Phi) is 7.12. The van der Waals surface area contributed by atoms with Crippen molar-refractivity contribution < 1.29 is 9.90 Å². The number of furan rings is 1. The molecule has 9 aromatic carbocycles. The van der Waals surface area contributed by atoms with E-state index in [0.29, 0.717) is 5.56 Å². The lowest BCUT2D eigenvalue weighted by molar-refractivity contribution is 0.669. The number of hydrogen-bond acceptors (Lipinski definition) is 3. The Balaban J connectivity index is 0.999. The number of benzene rings is 9. The molecule has 260 valence electrons. The van der Waals surface area contributed by atoms with E-state index in [1.807, 2.05) is 109 Å². The molecular weight excluding hydrogens is 669 g/mol. The first-order valence-corrected chi connectivity index (χ1v) is 18.4. The van der Waals surface area contributed by atoms with Crippen molar-refractivity contribution in [1.29, 1.82) is 0 Å². The Morgan fingerprint density at radius 3 is 1.40 bits per heavy atom. The molecule has 55 heavy (non-hydrogen) atoms. The van der Waals surface area contributed by atoms with E-state index < -0.39 is 0 Å². The van der Waals surface area contributed by atoms with Gasteiger partial charge < -0.3 is 14.2 Å². The summed E-state index contributed by atoms with van der Waals surface area (Å²) in [6.45, 7) is 0. The molecule has 10 rings (SSSR count). The van der Waals surface area contributed by atoms with E-state index in [-0.39, 0.29) is 35.4 Å². The van der Waals surface area contributed by atoms with Crippen molar-refractivity contribution in [2.75, 3.05) is 9.80 Å². The van der Waals surface area contributed by atoms with E-state index in [2.05, 4.69) is 89.8 Å². The quantitative estimate of drug-likeness (QED) is 0.157. The van der Waals surface area contributed by atoms with Gasteiger partial charge in [-0.05, 0) is 112 Å². The van der Waals surface area contributed by atoms with E-state index in [9.17, 15) is 0 Å². The minimum Gasteiger partial charge on any atom is -0.454 e. The first-order chi connectivity index (χ1) is 28.9. The van der Waals surface area contributed by atoms with Gasteiger partial charge in [0, 0.05) is 39.2 Å². The molecule has 1 heterocycles. The van der Waals surface area contributed by atoms with E-state index in [4.69, 9.17) is 9.90 Å². The molecule has 0 spiro atoms. The van der Waals surface area contributed by atoms with E-state index in [1.54, 1.807) is 4.90 Å². The zero-order chi connectivity index (χ0) is 40.0. The molecule has 1 aromatic heterocycles. The Morgan fingerprint density at radius 1 is 0.345 bits per heavy atom. The summed E-state index contributed by atoms with van der Waals surface area (Å²) in [7, 11) is 0. The van der Waals surface area contributed by atoms with Crippen LogP contribution in [0.15, 0.2) is 223 Å². The number of anilines is 6. The third kappa shape index (κ3) is 6.08. The molecule has 0 aliphatic heterocycles. The average Bonchev–Trinajstić information content (AvgIpc) is 3.66. The maximum atomic E-state index is 9.17. The van der Waals surface area contributed by atoms with Crippen LogP contribution in [0.3, 0.4) is 0 Å². The van der Waals surface area contributed by atoms with E-state index in [0.717, 1.165) is 66.9 Å². The summed E-state index contributed by atoms with van der Waals surface area (Å²) in [5, 5.41) is 4.45. The summed E-state index contributed by atoms with van der Waals surface area (Å²) in [5.74, 6) is 0. The van der Waals surface area contributed by atoms with Crippen molar-refractivity contribution in [1.82, 2.24) is 0 Å². The zero-order valence-corrected chi connectivity index (χ0v) is 29.8. The molecule has 0 atom stereocenters. The minimum atomic E-state index is -0.108. The van der Waals surface area contributed by atoms with Crippen molar-refractivity contribution in [2.24, 2.45) is 0 Å². The van der Waals surface area contributed by atoms with Gasteiger partial charge in [-0.3, -0.25) is 0 Å². The summed E-state index contributed by atoms with van der Waals surface area (Å²) < 4.78 is 43.3. The van der Waals surface area contributed by atoms with Crippen LogP contribution in [0, 0.1) is 0 Å². The molecule has 10 aromatic rings. The van der Waals surface area contributed by atoms with Crippen LogP contribution in [0.2, 0.25) is 0 Å². The van der Waals surface area contributed by atoms with Crippen molar-refractivity contribution >= 4 is 66.8 Å². The van der Waals surface area contributed by atoms with Gasteiger partial charge >= 0.3 is 0 Å². The molecule has 0 aliphatic carbocycles. The third-order valence-electron chi connectivity index (χ3n) is 10.1. The highest BCUT2D eigenvalue weighted by Crippen LogP contribution is 2.43. The summed E-state index contributed by atoms with van der Waals surface area (Å²) in [5.41, 5.74) is 9.11. The van der Waals surface area contributed by atoms with Crippen molar-refractivity contribution in [3.8, 4) is 22.3 Å². The number of fused-ring (bicyclic) bond motifs is 4. The Hall–Kier alpha value is -7.36. The highest BCUT2D eigenvalue weighted by Gasteiger charge is 2.20. The molecule has 0 saturated carbocycles. The van der Waals surface area contributed by atoms with Gasteiger partial charge in [-0.25, -0.2) is 0 Å². The highest BCUT2D eigenvalue weighted by atomic mass is 16.3. The molecule has 0 unspecified atom stereocenters. The lowest BCUT2D eigenvalue weighted by Gasteiger charge is -2.25. The van der Waals surface area contributed by atoms with Gasteiger partial charge in [0.25, 0.3) is 0 Å². The predicted octanol–water partition coefficient (Wildman–Crippen LogP) is 15.0. The summed E-state index contributed by atoms with van der Waals surface area (Å²) in [4.78, 5) is 4.01. The Morgan fingerprint density at radius 2 is 0.818 bits per heavy atom. The molecule has 3 heteroatoms. The number of rotatable bonds is 8. The first kappa shape index (κ1) is 28.2. The molecule has 0 amide bonds. The lowest BCUT2D eigenvalue weighted by atomic mass is 9.99.